The molecule has 1 saturated heterocycles. The summed E-state index contributed by atoms with van der Waals surface area (Å²) in [6.07, 6.45) is 4.03. The Morgan fingerprint density at radius 3 is 2.63 bits per heavy atom. The third kappa shape index (κ3) is 5.14. The SMILES string of the molecule is CN1CCC(Nc2ccc(C(=O)Nc3cc(-c4ccc5ncn(-c6cccc(Cl)c6)c5c4)n[nH]3)cc2)CC1. The molecule has 1 aliphatic heterocycles. The first-order chi connectivity index (χ1) is 18.5. The highest BCUT2D eigenvalue weighted by Gasteiger charge is 2.17. The van der Waals surface area contributed by atoms with E-state index >= 15 is 0 Å². The van der Waals surface area contributed by atoms with Crippen molar-refractivity contribution < 1.29 is 4.79 Å². The molecule has 3 heterocycles. The number of nitrogens with one attached hydrogen (secondary N) is 3. The van der Waals surface area contributed by atoms with E-state index in [2.05, 4.69) is 37.8 Å². The van der Waals surface area contributed by atoms with Gasteiger partial charge in [0.15, 0.2) is 0 Å². The van der Waals surface area contributed by atoms with Gasteiger partial charge in [0.05, 0.1) is 16.7 Å². The predicted octanol–water partition coefficient (Wildman–Crippen LogP) is 5.83. The fourth-order valence-electron chi connectivity index (χ4n) is 4.83. The van der Waals surface area contributed by atoms with Crippen LogP contribution in [0, 0.1) is 0 Å². The van der Waals surface area contributed by atoms with Crippen molar-refractivity contribution in [1.29, 1.82) is 0 Å². The van der Waals surface area contributed by atoms with Crippen molar-refractivity contribution in [2.24, 2.45) is 0 Å². The summed E-state index contributed by atoms with van der Waals surface area (Å²) in [6.45, 7) is 2.20. The lowest BCUT2D eigenvalue weighted by atomic mass is 10.0. The van der Waals surface area contributed by atoms with Gasteiger partial charge in [0.1, 0.15) is 12.1 Å². The van der Waals surface area contributed by atoms with E-state index in [0.717, 1.165) is 59.6 Å². The van der Waals surface area contributed by atoms with Crippen LogP contribution in [-0.2, 0) is 0 Å². The quantitative estimate of drug-likeness (QED) is 0.259. The van der Waals surface area contributed by atoms with Gasteiger partial charge in [0, 0.05) is 39.6 Å². The highest BCUT2D eigenvalue weighted by Crippen LogP contribution is 2.27. The molecular weight excluding hydrogens is 498 g/mol. The van der Waals surface area contributed by atoms with E-state index in [1.54, 1.807) is 6.33 Å². The molecule has 1 aliphatic rings. The largest absolute Gasteiger partial charge is 0.382 e. The number of carbonyl (C=O) groups is 1. The van der Waals surface area contributed by atoms with Crippen molar-refractivity contribution in [2.45, 2.75) is 18.9 Å². The lowest BCUT2D eigenvalue weighted by molar-refractivity contribution is 0.102. The third-order valence-corrected chi connectivity index (χ3v) is 7.23. The Bertz CT molecular complexity index is 1580. The Kier molecular flexibility index (Phi) is 6.57. The predicted molar refractivity (Wildman–Crippen MR) is 152 cm³/mol. The summed E-state index contributed by atoms with van der Waals surface area (Å²) in [4.78, 5) is 19.7. The van der Waals surface area contributed by atoms with Gasteiger partial charge in [-0.3, -0.25) is 14.5 Å². The number of aromatic nitrogens is 4. The van der Waals surface area contributed by atoms with E-state index in [1.165, 1.54) is 0 Å². The topological polar surface area (TPSA) is 90.9 Å². The van der Waals surface area contributed by atoms with E-state index in [9.17, 15) is 4.79 Å². The number of imidazole rings is 1. The maximum atomic E-state index is 12.9. The first-order valence-corrected chi connectivity index (χ1v) is 13.0. The summed E-state index contributed by atoms with van der Waals surface area (Å²) in [6, 6.07) is 23.5. The molecule has 0 unspecified atom stereocenters. The van der Waals surface area contributed by atoms with E-state index in [-0.39, 0.29) is 5.91 Å². The Morgan fingerprint density at radius 2 is 1.84 bits per heavy atom. The van der Waals surface area contributed by atoms with Crippen molar-refractivity contribution in [3.8, 4) is 16.9 Å². The summed E-state index contributed by atoms with van der Waals surface area (Å²) in [5.74, 6) is 0.336. The number of H-pyrrole nitrogens is 1. The number of piperidine rings is 1. The average Bonchev–Trinajstić information content (AvgIpc) is 3.57. The minimum Gasteiger partial charge on any atom is -0.382 e. The Labute approximate surface area is 225 Å². The first-order valence-electron chi connectivity index (χ1n) is 12.7. The zero-order valence-electron chi connectivity index (χ0n) is 21.0. The molecule has 0 bridgehead atoms. The van der Waals surface area contributed by atoms with Gasteiger partial charge < -0.3 is 15.5 Å². The summed E-state index contributed by atoms with van der Waals surface area (Å²) < 4.78 is 1.99. The molecule has 0 saturated carbocycles. The van der Waals surface area contributed by atoms with Crippen molar-refractivity contribution >= 4 is 40.0 Å². The second-order valence-electron chi connectivity index (χ2n) is 9.72. The van der Waals surface area contributed by atoms with Crippen molar-refractivity contribution in [3.05, 3.63) is 89.7 Å². The molecular formula is C29H28ClN7O. The molecule has 1 fully saturated rings. The summed E-state index contributed by atoms with van der Waals surface area (Å²) in [5, 5.41) is 14.5. The van der Waals surface area contributed by atoms with Gasteiger partial charge in [0.2, 0.25) is 0 Å². The number of carbonyl (C=O) groups excluding carboxylic acids is 1. The van der Waals surface area contributed by atoms with E-state index in [1.807, 2.05) is 77.4 Å². The minimum atomic E-state index is -0.194. The van der Waals surface area contributed by atoms with Crippen molar-refractivity contribution in [1.82, 2.24) is 24.6 Å². The molecule has 0 atom stereocenters. The van der Waals surface area contributed by atoms with Gasteiger partial charge in [0.25, 0.3) is 5.91 Å². The second-order valence-corrected chi connectivity index (χ2v) is 10.2. The Balaban J connectivity index is 1.14. The molecule has 6 rings (SSSR count). The van der Waals surface area contributed by atoms with Gasteiger partial charge >= 0.3 is 0 Å². The second kappa shape index (κ2) is 10.3. The molecule has 3 aromatic carbocycles. The van der Waals surface area contributed by atoms with Crippen molar-refractivity contribution in [2.75, 3.05) is 30.8 Å². The van der Waals surface area contributed by atoms with Crippen LogP contribution in [0.3, 0.4) is 0 Å². The van der Waals surface area contributed by atoms with Gasteiger partial charge in [-0.2, -0.15) is 5.10 Å². The summed E-state index contributed by atoms with van der Waals surface area (Å²) in [7, 11) is 2.16. The molecule has 3 N–H and O–H groups in total. The maximum Gasteiger partial charge on any atom is 0.256 e. The number of hydrogen-bond acceptors (Lipinski definition) is 5. The number of amides is 1. The third-order valence-electron chi connectivity index (χ3n) is 6.99. The maximum absolute atomic E-state index is 12.9. The summed E-state index contributed by atoms with van der Waals surface area (Å²) >= 11 is 6.19. The zero-order valence-corrected chi connectivity index (χ0v) is 21.7. The van der Waals surface area contributed by atoms with Crippen molar-refractivity contribution in [3.63, 3.8) is 0 Å². The number of hydrogen-bond donors (Lipinski definition) is 3. The van der Waals surface area contributed by atoms with Crippen LogP contribution in [0.5, 0.6) is 0 Å². The average molecular weight is 526 g/mol. The Morgan fingerprint density at radius 1 is 1.03 bits per heavy atom. The number of likely N-dealkylation sites (tertiary alicyclic amines) is 1. The zero-order chi connectivity index (χ0) is 26.1. The van der Waals surface area contributed by atoms with Crippen LogP contribution in [-0.4, -0.2) is 56.7 Å². The van der Waals surface area contributed by atoms with Crippen LogP contribution in [0.4, 0.5) is 11.5 Å². The molecule has 5 aromatic rings. The molecule has 8 nitrogen and oxygen atoms in total. The Hall–Kier alpha value is -4.14. The first kappa shape index (κ1) is 24.2. The van der Waals surface area contributed by atoms with Gasteiger partial charge in [-0.1, -0.05) is 23.7 Å². The van der Waals surface area contributed by atoms with Gasteiger partial charge in [-0.15, -0.1) is 0 Å². The number of nitrogens with zero attached hydrogens (tertiary/aromatic N) is 4. The number of rotatable bonds is 6. The molecule has 9 heteroatoms. The van der Waals surface area contributed by atoms with Crippen LogP contribution in [0.15, 0.2) is 79.1 Å². The van der Waals surface area contributed by atoms with Gasteiger partial charge in [-0.05, 0) is 87.6 Å². The summed E-state index contributed by atoms with van der Waals surface area (Å²) in [5.41, 5.74) is 5.98. The normalized spacial score (nSPS) is 14.6. The lowest BCUT2D eigenvalue weighted by Gasteiger charge is -2.30. The van der Waals surface area contributed by atoms with Crippen LogP contribution < -0.4 is 10.6 Å². The lowest BCUT2D eigenvalue weighted by Crippen LogP contribution is -2.36. The van der Waals surface area contributed by atoms with Gasteiger partial charge in [-0.25, -0.2) is 4.98 Å². The van der Waals surface area contributed by atoms with Crippen LogP contribution in [0.1, 0.15) is 23.2 Å². The number of aromatic amines is 1. The fraction of sp³-hybridized carbons (Fsp3) is 0.207. The number of benzene rings is 3. The van der Waals surface area contributed by atoms with Crippen LogP contribution in [0.25, 0.3) is 28.0 Å². The van der Waals surface area contributed by atoms with Crippen LogP contribution in [0.2, 0.25) is 5.02 Å². The fourth-order valence-corrected chi connectivity index (χ4v) is 5.02. The molecule has 192 valence electrons. The molecule has 0 radical (unpaired) electrons. The van der Waals surface area contributed by atoms with E-state index < -0.39 is 0 Å². The molecule has 0 spiro atoms. The van der Waals surface area contributed by atoms with E-state index in [0.29, 0.717) is 22.4 Å². The highest BCUT2D eigenvalue weighted by atomic mass is 35.5. The molecule has 0 aliphatic carbocycles. The monoisotopic (exact) mass is 525 g/mol. The molecule has 38 heavy (non-hydrogen) atoms. The number of anilines is 2. The van der Waals surface area contributed by atoms with E-state index in [4.69, 9.17) is 11.6 Å². The standard InChI is InChI=1S/C29H28ClN7O/c1-36-13-11-23(12-14-36)32-22-8-5-19(6-9-22)29(38)33-28-17-26(34-35-28)20-7-10-25-27(15-20)37(18-31-25)24-4-2-3-21(30)16-24/h2-10,15-18,23,32H,11-14H2,1H3,(H2,33,34,35,38). The smallest absolute Gasteiger partial charge is 0.256 e. The number of halogens is 1. The molecule has 1 amide bonds. The molecule has 2 aromatic heterocycles. The highest BCUT2D eigenvalue weighted by molar-refractivity contribution is 6.30. The number of fused-ring (bicyclic) bond motifs is 1. The van der Waals surface area contributed by atoms with Crippen LogP contribution >= 0.6 is 11.6 Å². The minimum absolute atomic E-state index is 0.194.